The zero-order chi connectivity index (χ0) is 28.2. The van der Waals surface area contributed by atoms with Gasteiger partial charge in [-0.2, -0.15) is 0 Å². The van der Waals surface area contributed by atoms with E-state index in [1.165, 1.54) is 19.2 Å². The van der Waals surface area contributed by atoms with E-state index < -0.39 is 56.7 Å². The second kappa shape index (κ2) is 12.1. The number of nitrogens with one attached hydrogen (secondary N) is 1. The summed E-state index contributed by atoms with van der Waals surface area (Å²) < 4.78 is 51.1. The fourth-order valence-corrected chi connectivity index (χ4v) is 5.39. The third kappa shape index (κ3) is 6.10. The molecule has 0 fully saturated rings. The van der Waals surface area contributed by atoms with Crippen molar-refractivity contribution in [2.75, 3.05) is 36.9 Å². The minimum absolute atomic E-state index is 0.0632. The van der Waals surface area contributed by atoms with Crippen molar-refractivity contribution in [1.29, 1.82) is 0 Å². The number of hydrogen-bond donors (Lipinski definition) is 1. The molecule has 3 rings (SSSR count). The Bertz CT molecular complexity index is 1360. The van der Waals surface area contributed by atoms with E-state index in [9.17, 15) is 22.8 Å². The molecule has 12 heteroatoms. The largest absolute Gasteiger partial charge is 0.493 e. The van der Waals surface area contributed by atoms with E-state index in [0.717, 1.165) is 23.6 Å². The molecule has 2 aromatic carbocycles. The number of ether oxygens (including phenoxy) is 2. The Kier molecular flexibility index (Phi) is 9.37. The Balaban J connectivity index is 2.24. The second-order valence-corrected chi connectivity index (χ2v) is 11.3. The molecule has 1 atom stereocenters. The van der Waals surface area contributed by atoms with Crippen LogP contribution in [0.3, 0.4) is 0 Å². The lowest BCUT2D eigenvalue weighted by Gasteiger charge is -2.27. The monoisotopic (exact) mass is 568 g/mol. The van der Waals surface area contributed by atoms with E-state index in [0.29, 0.717) is 35.5 Å². The van der Waals surface area contributed by atoms with Crippen LogP contribution in [0.2, 0.25) is 0 Å². The number of rotatable bonds is 12. The van der Waals surface area contributed by atoms with Crippen LogP contribution in [0.25, 0.3) is 0 Å². The smallest absolute Gasteiger partial charge is 0.264 e. The number of anilines is 1. The van der Waals surface area contributed by atoms with Crippen molar-refractivity contribution >= 4 is 44.8 Å². The summed E-state index contributed by atoms with van der Waals surface area (Å²) in [6.07, 6.45) is 2.66. The molecule has 206 valence electrons. The molecule has 0 aliphatic carbocycles. The fourth-order valence-electron chi connectivity index (χ4n) is 4.41. The molecule has 0 saturated carbocycles. The van der Waals surface area contributed by atoms with Gasteiger partial charge in [0.25, 0.3) is 11.8 Å². The SMILES string of the molecule is CCCCc1cc(F)c(NC(=O)CCl)c2c1C(=O)N([C@H](CS(C)(=O)=O)c1ccc(OC)c(OCC)c1)C2=O. The van der Waals surface area contributed by atoms with Crippen molar-refractivity contribution < 1.29 is 36.7 Å². The van der Waals surface area contributed by atoms with E-state index in [2.05, 4.69) is 5.32 Å². The third-order valence-electron chi connectivity index (χ3n) is 6.06. The highest BCUT2D eigenvalue weighted by Gasteiger charge is 2.45. The van der Waals surface area contributed by atoms with Gasteiger partial charge in [0.1, 0.15) is 21.5 Å². The molecule has 1 N–H and O–H groups in total. The molecule has 1 heterocycles. The Labute approximate surface area is 226 Å². The van der Waals surface area contributed by atoms with Crippen molar-refractivity contribution in [2.45, 2.75) is 39.2 Å². The molecule has 0 bridgehead atoms. The first-order chi connectivity index (χ1) is 18.0. The number of halogens is 2. The number of aryl methyl sites for hydroxylation is 1. The van der Waals surface area contributed by atoms with Crippen molar-refractivity contribution in [3.63, 3.8) is 0 Å². The van der Waals surface area contributed by atoms with Crippen LogP contribution in [0.5, 0.6) is 11.5 Å². The van der Waals surface area contributed by atoms with Gasteiger partial charge in [-0.15, -0.1) is 11.6 Å². The zero-order valence-electron chi connectivity index (χ0n) is 21.6. The maximum atomic E-state index is 15.2. The highest BCUT2D eigenvalue weighted by Crippen LogP contribution is 2.41. The molecule has 1 aliphatic heterocycles. The summed E-state index contributed by atoms with van der Waals surface area (Å²) in [5.41, 5.74) is -0.249. The first kappa shape index (κ1) is 29.4. The van der Waals surface area contributed by atoms with Crippen molar-refractivity contribution in [1.82, 2.24) is 4.90 Å². The van der Waals surface area contributed by atoms with E-state index in [4.69, 9.17) is 21.1 Å². The van der Waals surface area contributed by atoms with Gasteiger partial charge in [0, 0.05) is 6.26 Å². The quantitative estimate of drug-likeness (QED) is 0.302. The van der Waals surface area contributed by atoms with Crippen molar-refractivity contribution in [3.05, 3.63) is 52.3 Å². The number of nitrogens with zero attached hydrogens (tertiary/aromatic N) is 1. The Morgan fingerprint density at radius 3 is 2.39 bits per heavy atom. The topological polar surface area (TPSA) is 119 Å². The molecule has 1 aliphatic rings. The standard InChI is InChI=1S/C26H30ClFN2O7S/c1-5-7-8-16-11-17(28)24(29-21(31)13-27)23-22(16)25(32)30(26(23)33)18(14-38(4,34)35)15-9-10-19(36-3)20(12-15)37-6-2/h9-12,18H,5-8,13-14H2,1-4H3,(H,29,31)/t18-/m1/s1. The Morgan fingerprint density at radius 2 is 1.82 bits per heavy atom. The number of sulfone groups is 1. The number of methoxy groups -OCH3 is 1. The molecular formula is C26H30ClFN2O7S. The molecule has 0 saturated heterocycles. The predicted octanol–water partition coefficient (Wildman–Crippen LogP) is 4.13. The lowest BCUT2D eigenvalue weighted by molar-refractivity contribution is -0.113. The summed E-state index contributed by atoms with van der Waals surface area (Å²) in [6, 6.07) is 4.46. The number of fused-ring (bicyclic) bond motifs is 1. The van der Waals surface area contributed by atoms with Gasteiger partial charge >= 0.3 is 0 Å². The molecule has 0 aromatic heterocycles. The van der Waals surface area contributed by atoms with E-state index >= 15 is 4.39 Å². The Morgan fingerprint density at radius 1 is 1.13 bits per heavy atom. The van der Waals surface area contributed by atoms with E-state index in [1.807, 2.05) is 6.92 Å². The summed E-state index contributed by atoms with van der Waals surface area (Å²) in [6.45, 7) is 3.97. The van der Waals surface area contributed by atoms with E-state index in [-0.39, 0.29) is 17.7 Å². The van der Waals surface area contributed by atoms with Gasteiger partial charge in [0.2, 0.25) is 5.91 Å². The maximum Gasteiger partial charge on any atom is 0.264 e. The molecular weight excluding hydrogens is 539 g/mol. The second-order valence-electron chi connectivity index (χ2n) is 8.86. The average Bonchev–Trinajstić information content (AvgIpc) is 3.12. The number of hydrogen-bond acceptors (Lipinski definition) is 7. The fraction of sp³-hybridized carbons (Fsp3) is 0.423. The van der Waals surface area contributed by atoms with Crippen LogP contribution in [0.4, 0.5) is 10.1 Å². The zero-order valence-corrected chi connectivity index (χ0v) is 23.2. The van der Waals surface area contributed by atoms with Crippen LogP contribution in [0.15, 0.2) is 24.3 Å². The van der Waals surface area contributed by atoms with Crippen LogP contribution >= 0.6 is 11.6 Å². The van der Waals surface area contributed by atoms with Crippen LogP contribution in [0.1, 0.15) is 64.6 Å². The molecule has 0 radical (unpaired) electrons. The van der Waals surface area contributed by atoms with Gasteiger partial charge in [-0.1, -0.05) is 19.4 Å². The number of unbranched alkanes of at least 4 members (excludes halogenated alkanes) is 1. The van der Waals surface area contributed by atoms with Crippen LogP contribution in [0, 0.1) is 5.82 Å². The van der Waals surface area contributed by atoms with E-state index in [1.54, 1.807) is 13.0 Å². The predicted molar refractivity (Wildman–Crippen MR) is 141 cm³/mol. The van der Waals surface area contributed by atoms with Crippen LogP contribution in [-0.2, 0) is 21.1 Å². The van der Waals surface area contributed by atoms with Crippen LogP contribution in [-0.4, -0.2) is 62.6 Å². The highest BCUT2D eigenvalue weighted by molar-refractivity contribution is 7.90. The highest BCUT2D eigenvalue weighted by atomic mass is 35.5. The first-order valence-corrected chi connectivity index (χ1v) is 14.6. The van der Waals surface area contributed by atoms with Gasteiger partial charge in [0.15, 0.2) is 11.5 Å². The minimum Gasteiger partial charge on any atom is -0.493 e. The van der Waals surface area contributed by atoms with Gasteiger partial charge in [-0.05, 0) is 49.1 Å². The lowest BCUT2D eigenvalue weighted by atomic mass is 9.96. The maximum absolute atomic E-state index is 15.2. The molecule has 3 amide bonds. The van der Waals surface area contributed by atoms with Gasteiger partial charge in [-0.25, -0.2) is 12.8 Å². The number of carbonyl (C=O) groups excluding carboxylic acids is 3. The number of carbonyl (C=O) groups is 3. The normalized spacial score (nSPS) is 13.9. The van der Waals surface area contributed by atoms with Crippen LogP contribution < -0.4 is 14.8 Å². The van der Waals surface area contributed by atoms with Gasteiger partial charge in [-0.3, -0.25) is 19.3 Å². The Hall–Kier alpha value is -3.18. The first-order valence-electron chi connectivity index (χ1n) is 12.0. The minimum atomic E-state index is -3.73. The van der Waals surface area contributed by atoms with Gasteiger partial charge in [0.05, 0.1) is 42.3 Å². The summed E-state index contributed by atoms with van der Waals surface area (Å²) in [4.78, 5) is 40.5. The summed E-state index contributed by atoms with van der Waals surface area (Å²) in [5.74, 6) is -3.77. The molecule has 0 spiro atoms. The number of amides is 3. The summed E-state index contributed by atoms with van der Waals surface area (Å²) >= 11 is 5.58. The molecule has 38 heavy (non-hydrogen) atoms. The average molecular weight is 569 g/mol. The molecule has 2 aromatic rings. The van der Waals surface area contributed by atoms with Crippen molar-refractivity contribution in [2.24, 2.45) is 0 Å². The lowest BCUT2D eigenvalue weighted by Crippen LogP contribution is -2.38. The molecule has 9 nitrogen and oxygen atoms in total. The summed E-state index contributed by atoms with van der Waals surface area (Å²) in [7, 11) is -2.29. The van der Waals surface area contributed by atoms with Gasteiger partial charge < -0.3 is 14.8 Å². The third-order valence-corrected chi connectivity index (χ3v) is 7.22. The molecule has 0 unspecified atom stereocenters. The van der Waals surface area contributed by atoms with Crippen molar-refractivity contribution in [3.8, 4) is 11.5 Å². The number of benzene rings is 2. The number of alkyl halides is 1. The summed E-state index contributed by atoms with van der Waals surface area (Å²) in [5, 5.41) is 2.28. The number of imide groups is 1.